The minimum Gasteiger partial charge on any atom is -0.323 e. The predicted octanol–water partition coefficient (Wildman–Crippen LogP) is 6.65. The standard InChI is InChI=1S/C26H15N5S/c1-3-7-20-17(5-1)27-25-28-19-13-15(9-11-22(19)30(20)25)16-10-12-23-24(14-16)32-26-29-18-6-2-4-8-21(18)31(23)26/h1-14H,(H,27,28). The van der Waals surface area contributed by atoms with Crippen molar-refractivity contribution < 1.29 is 0 Å². The quantitative estimate of drug-likeness (QED) is 0.317. The maximum absolute atomic E-state index is 4.86. The van der Waals surface area contributed by atoms with E-state index in [-0.39, 0.29) is 0 Å². The van der Waals surface area contributed by atoms with Gasteiger partial charge in [0.05, 0.1) is 43.3 Å². The molecule has 150 valence electrons. The first-order chi connectivity index (χ1) is 15.8. The van der Waals surface area contributed by atoms with E-state index < -0.39 is 0 Å². The molecule has 4 heterocycles. The number of aromatic nitrogens is 5. The Kier molecular flexibility index (Phi) is 2.97. The van der Waals surface area contributed by atoms with Crippen LogP contribution >= 0.6 is 11.3 Å². The van der Waals surface area contributed by atoms with E-state index in [4.69, 9.17) is 9.97 Å². The molecule has 8 aromatic rings. The summed E-state index contributed by atoms with van der Waals surface area (Å²) in [5.41, 5.74) is 10.1. The van der Waals surface area contributed by atoms with Crippen LogP contribution in [0.1, 0.15) is 0 Å². The molecule has 5 nitrogen and oxygen atoms in total. The van der Waals surface area contributed by atoms with Crippen molar-refractivity contribution in [2.45, 2.75) is 0 Å². The van der Waals surface area contributed by atoms with Crippen molar-refractivity contribution in [2.24, 2.45) is 0 Å². The highest BCUT2D eigenvalue weighted by Gasteiger charge is 2.14. The van der Waals surface area contributed by atoms with Gasteiger partial charge in [0.25, 0.3) is 0 Å². The van der Waals surface area contributed by atoms with Crippen molar-refractivity contribution in [1.29, 1.82) is 0 Å². The van der Waals surface area contributed by atoms with Gasteiger partial charge >= 0.3 is 0 Å². The van der Waals surface area contributed by atoms with Crippen molar-refractivity contribution in [2.75, 3.05) is 0 Å². The van der Waals surface area contributed by atoms with Gasteiger partial charge in [0.1, 0.15) is 0 Å². The first-order valence-electron chi connectivity index (χ1n) is 10.5. The maximum Gasteiger partial charge on any atom is 0.213 e. The van der Waals surface area contributed by atoms with Crippen LogP contribution in [0.25, 0.3) is 65.2 Å². The monoisotopic (exact) mass is 429 g/mol. The van der Waals surface area contributed by atoms with Gasteiger partial charge in [0.2, 0.25) is 5.78 Å². The summed E-state index contributed by atoms with van der Waals surface area (Å²) in [4.78, 5) is 14.1. The van der Waals surface area contributed by atoms with Crippen LogP contribution in [0, 0.1) is 0 Å². The summed E-state index contributed by atoms with van der Waals surface area (Å²) in [5.74, 6) is 0.875. The van der Waals surface area contributed by atoms with Crippen LogP contribution < -0.4 is 0 Å². The van der Waals surface area contributed by atoms with E-state index in [1.807, 2.05) is 12.1 Å². The maximum atomic E-state index is 4.86. The van der Waals surface area contributed by atoms with E-state index in [9.17, 15) is 0 Å². The normalized spacial score (nSPS) is 12.4. The van der Waals surface area contributed by atoms with Gasteiger partial charge in [-0.25, -0.2) is 9.97 Å². The third kappa shape index (κ3) is 2.07. The number of H-pyrrole nitrogens is 1. The number of nitrogens with one attached hydrogen (secondary N) is 1. The number of hydrogen-bond acceptors (Lipinski definition) is 3. The topological polar surface area (TPSA) is 50.4 Å². The molecule has 4 aromatic carbocycles. The Hall–Kier alpha value is -4.16. The molecule has 0 saturated carbocycles. The summed E-state index contributed by atoms with van der Waals surface area (Å²) in [5, 5.41) is 0. The zero-order chi connectivity index (χ0) is 20.8. The van der Waals surface area contributed by atoms with E-state index >= 15 is 0 Å². The molecular weight excluding hydrogens is 414 g/mol. The summed E-state index contributed by atoms with van der Waals surface area (Å²) < 4.78 is 5.68. The first-order valence-corrected chi connectivity index (χ1v) is 11.3. The molecule has 0 atom stereocenters. The minimum atomic E-state index is 0.875. The predicted molar refractivity (Wildman–Crippen MR) is 132 cm³/mol. The summed E-state index contributed by atoms with van der Waals surface area (Å²) >= 11 is 1.73. The van der Waals surface area contributed by atoms with E-state index in [1.54, 1.807) is 11.3 Å². The van der Waals surface area contributed by atoms with Gasteiger partial charge in [-0.3, -0.25) is 8.80 Å². The smallest absolute Gasteiger partial charge is 0.213 e. The average molecular weight is 430 g/mol. The van der Waals surface area contributed by atoms with Crippen LogP contribution in [-0.4, -0.2) is 23.8 Å². The van der Waals surface area contributed by atoms with Crippen LogP contribution in [0.3, 0.4) is 0 Å². The largest absolute Gasteiger partial charge is 0.323 e. The van der Waals surface area contributed by atoms with Crippen LogP contribution in [-0.2, 0) is 0 Å². The van der Waals surface area contributed by atoms with E-state index in [0.29, 0.717) is 0 Å². The molecule has 0 aliphatic carbocycles. The zero-order valence-electron chi connectivity index (χ0n) is 16.8. The van der Waals surface area contributed by atoms with Crippen molar-refractivity contribution in [1.82, 2.24) is 23.8 Å². The summed E-state index contributed by atoms with van der Waals surface area (Å²) in [6.07, 6.45) is 0. The number of thiazole rings is 1. The Balaban J connectivity index is 1.32. The second-order valence-corrected chi connectivity index (χ2v) is 9.13. The van der Waals surface area contributed by atoms with Crippen LogP contribution in [0.5, 0.6) is 0 Å². The molecule has 1 N–H and O–H groups in total. The first kappa shape index (κ1) is 16.5. The summed E-state index contributed by atoms with van der Waals surface area (Å²) in [6, 6.07) is 29.8. The van der Waals surface area contributed by atoms with Gasteiger partial charge < -0.3 is 4.98 Å². The summed E-state index contributed by atoms with van der Waals surface area (Å²) in [6.45, 7) is 0. The van der Waals surface area contributed by atoms with Gasteiger partial charge in [-0.15, -0.1) is 0 Å². The van der Waals surface area contributed by atoms with Crippen molar-refractivity contribution >= 4 is 65.4 Å². The SMILES string of the molecule is c1ccc2c(c1)nc1sc3cc(-c4ccc5c(c4)nc4[nH]c6ccccc6n45)ccc3n12. The highest BCUT2D eigenvalue weighted by atomic mass is 32.1. The number of imidazole rings is 3. The number of para-hydroxylation sites is 4. The van der Waals surface area contributed by atoms with Gasteiger partial charge in [0, 0.05) is 0 Å². The molecule has 0 spiro atoms. The number of benzene rings is 4. The third-order valence-corrected chi connectivity index (χ3v) is 7.31. The van der Waals surface area contributed by atoms with Gasteiger partial charge in [-0.1, -0.05) is 47.7 Å². The fourth-order valence-corrected chi connectivity index (χ4v) is 5.92. The van der Waals surface area contributed by atoms with E-state index in [0.717, 1.165) is 43.8 Å². The van der Waals surface area contributed by atoms with Crippen molar-refractivity contribution in [3.63, 3.8) is 0 Å². The molecule has 4 aromatic heterocycles. The van der Waals surface area contributed by atoms with Gasteiger partial charge in [0.15, 0.2) is 4.96 Å². The number of fused-ring (bicyclic) bond motifs is 10. The molecule has 0 amide bonds. The lowest BCUT2D eigenvalue weighted by Crippen LogP contribution is -1.83. The molecule has 0 radical (unpaired) electrons. The minimum absolute atomic E-state index is 0.875. The second-order valence-electron chi connectivity index (χ2n) is 8.12. The molecule has 0 saturated heterocycles. The number of hydrogen-bond donors (Lipinski definition) is 1. The molecule has 0 fully saturated rings. The molecule has 0 bridgehead atoms. The van der Waals surface area contributed by atoms with Crippen LogP contribution in [0.4, 0.5) is 0 Å². The molecule has 0 aliphatic rings. The van der Waals surface area contributed by atoms with Crippen LogP contribution in [0.15, 0.2) is 84.9 Å². The van der Waals surface area contributed by atoms with E-state index in [1.165, 1.54) is 21.3 Å². The number of nitrogens with zero attached hydrogens (tertiary/aromatic N) is 4. The van der Waals surface area contributed by atoms with Gasteiger partial charge in [-0.05, 0) is 59.7 Å². The van der Waals surface area contributed by atoms with Crippen LogP contribution in [0.2, 0.25) is 0 Å². The molecule has 0 unspecified atom stereocenters. The van der Waals surface area contributed by atoms with Crippen molar-refractivity contribution in [3.8, 4) is 11.1 Å². The van der Waals surface area contributed by atoms with Crippen molar-refractivity contribution in [3.05, 3.63) is 84.9 Å². The number of aromatic amines is 1. The lowest BCUT2D eigenvalue weighted by molar-refractivity contribution is 1.28. The second kappa shape index (κ2) is 5.75. The highest BCUT2D eigenvalue weighted by Crippen LogP contribution is 2.34. The Morgan fingerprint density at radius 3 is 2.31 bits per heavy atom. The zero-order valence-corrected chi connectivity index (χ0v) is 17.6. The molecule has 8 rings (SSSR count). The third-order valence-electron chi connectivity index (χ3n) is 6.31. The molecular formula is C26H15N5S. The highest BCUT2D eigenvalue weighted by molar-refractivity contribution is 7.23. The van der Waals surface area contributed by atoms with E-state index in [2.05, 4.69) is 86.6 Å². The van der Waals surface area contributed by atoms with Gasteiger partial charge in [-0.2, -0.15) is 0 Å². The Bertz CT molecular complexity index is 1850. The molecule has 6 heteroatoms. The number of rotatable bonds is 1. The summed E-state index contributed by atoms with van der Waals surface area (Å²) in [7, 11) is 0. The molecule has 32 heavy (non-hydrogen) atoms. The Morgan fingerprint density at radius 1 is 0.625 bits per heavy atom. The lowest BCUT2D eigenvalue weighted by atomic mass is 10.0. The Morgan fingerprint density at radius 2 is 1.38 bits per heavy atom. The Labute approximate surface area is 185 Å². The fourth-order valence-electron chi connectivity index (χ4n) is 4.85. The average Bonchev–Trinajstić information content (AvgIpc) is 3.54. The molecule has 0 aliphatic heterocycles. The fraction of sp³-hybridized carbons (Fsp3) is 0. The lowest BCUT2D eigenvalue weighted by Gasteiger charge is -2.03.